The van der Waals surface area contributed by atoms with E-state index >= 15 is 0 Å². The number of rotatable bonds is 6. The van der Waals surface area contributed by atoms with Gasteiger partial charge in [0.05, 0.1) is 17.3 Å². The molecule has 7 heteroatoms. The molecule has 0 unspecified atom stereocenters. The van der Waals surface area contributed by atoms with Crippen LogP contribution in [0.2, 0.25) is 0 Å². The number of sulfonamides is 1. The third-order valence-electron chi connectivity index (χ3n) is 5.18. The maximum Gasteiger partial charge on any atom is 0.235 e. The summed E-state index contributed by atoms with van der Waals surface area (Å²) < 4.78 is 25.7. The van der Waals surface area contributed by atoms with Crippen molar-refractivity contribution in [3.05, 3.63) is 90.0 Å². The summed E-state index contributed by atoms with van der Waals surface area (Å²) in [6, 6.07) is 22.7. The Morgan fingerprint density at radius 3 is 2.03 bits per heavy atom. The summed E-state index contributed by atoms with van der Waals surface area (Å²) in [6.07, 6.45) is 1.11. The van der Waals surface area contributed by atoms with Crippen LogP contribution in [-0.4, -0.2) is 38.3 Å². The van der Waals surface area contributed by atoms with E-state index < -0.39 is 21.6 Å². The minimum absolute atomic E-state index is 0.191. The first-order chi connectivity index (χ1) is 14.8. The summed E-state index contributed by atoms with van der Waals surface area (Å²) in [5.41, 5.74) is 2.34. The summed E-state index contributed by atoms with van der Waals surface area (Å²) in [5, 5.41) is 0.656. The van der Waals surface area contributed by atoms with E-state index in [1.54, 1.807) is 48.5 Å². The van der Waals surface area contributed by atoms with Crippen LogP contribution in [0.5, 0.6) is 0 Å². The van der Waals surface area contributed by atoms with Crippen LogP contribution in [0, 0.1) is 0 Å². The summed E-state index contributed by atoms with van der Waals surface area (Å²) >= 11 is 0. The molecule has 0 fully saturated rings. The average molecular weight is 433 g/mol. The topological polar surface area (TPSA) is 87.3 Å². The molecule has 0 spiro atoms. The van der Waals surface area contributed by atoms with Crippen molar-refractivity contribution in [3.63, 3.8) is 0 Å². The second-order valence-corrected chi connectivity index (χ2v) is 9.21. The number of H-pyrrole nitrogens is 1. The minimum Gasteiger partial charge on any atom is -0.339 e. The van der Waals surface area contributed by atoms with Gasteiger partial charge in [0.15, 0.2) is 0 Å². The molecular weight excluding hydrogens is 412 g/mol. The molecule has 156 valence electrons. The highest BCUT2D eigenvalue weighted by Crippen LogP contribution is 2.39. The normalized spacial score (nSPS) is 11.4. The number of carbonyl (C=O) groups is 2. The zero-order valence-electron chi connectivity index (χ0n) is 17.0. The summed E-state index contributed by atoms with van der Waals surface area (Å²) in [6.45, 7) is 0. The smallest absolute Gasteiger partial charge is 0.235 e. The number of nitrogens with one attached hydrogen (secondary N) is 1. The number of fused-ring (bicyclic) bond motifs is 1. The maximum atomic E-state index is 13.1. The summed E-state index contributed by atoms with van der Waals surface area (Å²) in [4.78, 5) is 29.0. The molecule has 0 saturated carbocycles. The van der Waals surface area contributed by atoms with Gasteiger partial charge in [-0.15, -0.1) is 0 Å². The Labute approximate surface area is 180 Å². The molecule has 1 N–H and O–H groups in total. The molecule has 0 bridgehead atoms. The molecule has 31 heavy (non-hydrogen) atoms. The Balaban J connectivity index is 1.96. The van der Waals surface area contributed by atoms with Gasteiger partial charge in [-0.25, -0.2) is 8.42 Å². The Morgan fingerprint density at radius 1 is 0.806 bits per heavy atom. The predicted octanol–water partition coefficient (Wildman–Crippen LogP) is 4.30. The van der Waals surface area contributed by atoms with Gasteiger partial charge in [0.1, 0.15) is 5.82 Å². The van der Waals surface area contributed by atoms with Gasteiger partial charge in [-0.2, -0.15) is 0 Å². The number of benzene rings is 3. The van der Waals surface area contributed by atoms with Gasteiger partial charge in [-0.3, -0.25) is 13.9 Å². The number of Topliss-reactive ketones (excluding diaryl/α,β-unsaturated/α-hetero) is 2. The zero-order chi connectivity index (χ0) is 22.2. The minimum atomic E-state index is -3.58. The monoisotopic (exact) mass is 432 g/mol. The fraction of sp³-hybridized carbons (Fsp3) is 0.0833. The first-order valence-electron chi connectivity index (χ1n) is 9.57. The quantitative estimate of drug-likeness (QED) is 0.364. The number of ketones is 2. The molecule has 3 aromatic carbocycles. The lowest BCUT2D eigenvalue weighted by Gasteiger charge is -2.17. The number of aromatic amines is 1. The molecule has 4 aromatic rings. The SMILES string of the molecule is CN(c1[nH]c2c(C(=O)C(=O)c3ccccc3)cccc2c1-c1ccccc1)S(C)(=O)=O. The molecule has 0 atom stereocenters. The first kappa shape index (κ1) is 20.6. The van der Waals surface area contributed by atoms with Gasteiger partial charge in [-0.1, -0.05) is 72.8 Å². The largest absolute Gasteiger partial charge is 0.339 e. The number of nitrogens with zero attached hydrogens (tertiary/aromatic N) is 1. The summed E-state index contributed by atoms with van der Waals surface area (Å²) in [5.74, 6) is -0.954. The van der Waals surface area contributed by atoms with E-state index in [1.807, 2.05) is 30.3 Å². The van der Waals surface area contributed by atoms with Crippen molar-refractivity contribution in [2.75, 3.05) is 17.6 Å². The molecular formula is C24H20N2O4S. The number of aromatic nitrogens is 1. The van der Waals surface area contributed by atoms with Crippen LogP contribution in [0.15, 0.2) is 78.9 Å². The number of carbonyl (C=O) groups excluding carboxylic acids is 2. The van der Waals surface area contributed by atoms with Gasteiger partial charge < -0.3 is 4.98 Å². The van der Waals surface area contributed by atoms with Gasteiger partial charge in [0.2, 0.25) is 21.6 Å². The second-order valence-electron chi connectivity index (χ2n) is 7.20. The Kier molecular flexibility index (Phi) is 5.20. The van der Waals surface area contributed by atoms with Crippen molar-refractivity contribution in [2.45, 2.75) is 0 Å². The highest BCUT2D eigenvalue weighted by atomic mass is 32.2. The standard InChI is InChI=1S/C24H20N2O4S/c1-26(31(2,29)30)24-20(16-10-5-3-6-11-16)18-14-9-15-19(21(18)25-24)23(28)22(27)17-12-7-4-8-13-17/h3-15,25H,1-2H3. The van der Waals surface area contributed by atoms with Crippen molar-refractivity contribution < 1.29 is 18.0 Å². The van der Waals surface area contributed by atoms with Crippen molar-refractivity contribution in [1.29, 1.82) is 0 Å². The Hall–Kier alpha value is -3.71. The van der Waals surface area contributed by atoms with Crippen molar-refractivity contribution in [2.24, 2.45) is 0 Å². The highest BCUT2D eigenvalue weighted by Gasteiger charge is 2.26. The van der Waals surface area contributed by atoms with Crippen LogP contribution in [0.4, 0.5) is 5.82 Å². The second kappa shape index (κ2) is 7.85. The summed E-state index contributed by atoms with van der Waals surface area (Å²) in [7, 11) is -2.13. The van der Waals surface area contributed by atoms with Crippen LogP contribution < -0.4 is 4.31 Å². The van der Waals surface area contributed by atoms with E-state index in [4.69, 9.17) is 0 Å². The van der Waals surface area contributed by atoms with Gasteiger partial charge in [-0.05, 0) is 11.6 Å². The molecule has 0 amide bonds. The van der Waals surface area contributed by atoms with E-state index in [9.17, 15) is 18.0 Å². The molecule has 0 aliphatic rings. The molecule has 0 radical (unpaired) electrons. The van der Waals surface area contributed by atoms with E-state index in [2.05, 4.69) is 4.98 Å². The molecule has 0 saturated heterocycles. The lowest BCUT2D eigenvalue weighted by atomic mass is 9.97. The molecule has 4 rings (SSSR count). The van der Waals surface area contributed by atoms with E-state index in [0.717, 1.165) is 16.1 Å². The molecule has 1 heterocycles. The van der Waals surface area contributed by atoms with Crippen LogP contribution in [-0.2, 0) is 10.0 Å². The lowest BCUT2D eigenvalue weighted by Crippen LogP contribution is -2.25. The number of para-hydroxylation sites is 1. The van der Waals surface area contributed by atoms with Gasteiger partial charge in [0, 0.05) is 23.6 Å². The molecule has 0 aliphatic carbocycles. The van der Waals surface area contributed by atoms with Crippen LogP contribution >= 0.6 is 0 Å². The Bertz CT molecular complexity index is 1390. The number of hydrogen-bond donors (Lipinski definition) is 1. The third kappa shape index (κ3) is 3.75. The van der Waals surface area contributed by atoms with Gasteiger partial charge in [0.25, 0.3) is 0 Å². The van der Waals surface area contributed by atoms with Crippen LogP contribution in [0.3, 0.4) is 0 Å². The maximum absolute atomic E-state index is 13.1. The van der Waals surface area contributed by atoms with Crippen molar-refractivity contribution in [1.82, 2.24) is 4.98 Å². The average Bonchev–Trinajstić information content (AvgIpc) is 3.17. The van der Waals surface area contributed by atoms with E-state index in [0.29, 0.717) is 27.8 Å². The highest BCUT2D eigenvalue weighted by molar-refractivity contribution is 7.92. The molecule has 6 nitrogen and oxygen atoms in total. The third-order valence-corrected chi connectivity index (χ3v) is 6.35. The van der Waals surface area contributed by atoms with Crippen molar-refractivity contribution in [3.8, 4) is 11.1 Å². The van der Waals surface area contributed by atoms with Crippen LogP contribution in [0.25, 0.3) is 22.0 Å². The fourth-order valence-electron chi connectivity index (χ4n) is 3.53. The predicted molar refractivity (Wildman–Crippen MR) is 122 cm³/mol. The van der Waals surface area contributed by atoms with E-state index in [1.165, 1.54) is 7.05 Å². The Morgan fingerprint density at radius 2 is 1.42 bits per heavy atom. The lowest BCUT2D eigenvalue weighted by molar-refractivity contribution is 0.0818. The van der Waals surface area contributed by atoms with Crippen LogP contribution in [0.1, 0.15) is 20.7 Å². The molecule has 0 aliphatic heterocycles. The fourth-order valence-corrected chi connectivity index (χ4v) is 4.00. The van der Waals surface area contributed by atoms with E-state index in [-0.39, 0.29) is 5.56 Å². The van der Waals surface area contributed by atoms with Gasteiger partial charge >= 0.3 is 0 Å². The first-order valence-corrected chi connectivity index (χ1v) is 11.4. The zero-order valence-corrected chi connectivity index (χ0v) is 17.8. The van der Waals surface area contributed by atoms with Crippen molar-refractivity contribution >= 4 is 38.3 Å². The number of anilines is 1. The molecule has 1 aromatic heterocycles. The number of hydrogen-bond acceptors (Lipinski definition) is 4.